The van der Waals surface area contributed by atoms with Crippen molar-refractivity contribution in [2.45, 2.75) is 13.8 Å². The predicted octanol–water partition coefficient (Wildman–Crippen LogP) is 6.52. The number of nitrogens with zero attached hydrogens (tertiary/aromatic N) is 1. The van der Waals surface area contributed by atoms with Crippen LogP contribution in [0, 0.1) is 19.7 Å². The van der Waals surface area contributed by atoms with Gasteiger partial charge in [0.2, 0.25) is 0 Å². The van der Waals surface area contributed by atoms with Crippen molar-refractivity contribution >= 4 is 69.2 Å². The highest BCUT2D eigenvalue weighted by Gasteiger charge is 2.34. The highest BCUT2D eigenvalue weighted by atomic mass is 35.5. The summed E-state index contributed by atoms with van der Waals surface area (Å²) in [6.07, 6.45) is 1.75. The maximum Gasteiger partial charge on any atom is 0.270 e. The van der Waals surface area contributed by atoms with Gasteiger partial charge in [-0.15, -0.1) is 0 Å². The largest absolute Gasteiger partial charge is 0.484 e. The zero-order valence-corrected chi connectivity index (χ0v) is 21.2. The maximum atomic E-state index is 13.3. The number of thioether (sulfide) groups is 1. The molecule has 3 aromatic carbocycles. The Labute approximate surface area is 216 Å². The van der Waals surface area contributed by atoms with Crippen LogP contribution in [-0.4, -0.2) is 22.7 Å². The first kappa shape index (κ1) is 24.9. The first-order valence-electron chi connectivity index (χ1n) is 10.5. The highest BCUT2D eigenvalue weighted by Crippen LogP contribution is 2.37. The van der Waals surface area contributed by atoms with E-state index < -0.39 is 11.7 Å². The number of thiocarbonyl (C=S) groups is 1. The van der Waals surface area contributed by atoms with E-state index in [1.54, 1.807) is 29.2 Å². The molecule has 4 rings (SSSR count). The Hall–Kier alpha value is -3.20. The van der Waals surface area contributed by atoms with E-state index in [0.717, 1.165) is 22.4 Å². The molecule has 1 aliphatic heterocycles. The molecule has 1 heterocycles. The topological polar surface area (TPSA) is 58.6 Å². The molecule has 3 aromatic rings. The lowest BCUT2D eigenvalue weighted by molar-refractivity contribution is -0.118. The Morgan fingerprint density at radius 3 is 2.71 bits per heavy atom. The van der Waals surface area contributed by atoms with Crippen LogP contribution in [0.2, 0.25) is 5.02 Å². The van der Waals surface area contributed by atoms with Gasteiger partial charge in [0, 0.05) is 5.69 Å². The minimum atomic E-state index is -0.566. The Morgan fingerprint density at radius 2 is 1.97 bits per heavy atom. The molecular weight excluding hydrogens is 507 g/mol. The van der Waals surface area contributed by atoms with E-state index in [4.69, 9.17) is 28.6 Å². The molecule has 0 spiro atoms. The van der Waals surface area contributed by atoms with E-state index in [0.29, 0.717) is 20.7 Å². The molecule has 0 bridgehead atoms. The molecule has 0 saturated carbocycles. The Balaban J connectivity index is 1.43. The predicted molar refractivity (Wildman–Crippen MR) is 144 cm³/mol. The zero-order valence-electron chi connectivity index (χ0n) is 18.8. The molecule has 178 valence electrons. The minimum Gasteiger partial charge on any atom is -0.484 e. The number of nitrogens with one attached hydrogen (secondary N) is 1. The number of hydrogen-bond donors (Lipinski definition) is 1. The summed E-state index contributed by atoms with van der Waals surface area (Å²) in [6, 6.07) is 16.8. The number of benzene rings is 3. The zero-order chi connectivity index (χ0) is 25.1. The van der Waals surface area contributed by atoms with E-state index >= 15 is 0 Å². The Morgan fingerprint density at radius 1 is 1.17 bits per heavy atom. The van der Waals surface area contributed by atoms with Crippen molar-refractivity contribution in [2.75, 3.05) is 16.8 Å². The van der Waals surface area contributed by atoms with Crippen LogP contribution < -0.4 is 15.0 Å². The van der Waals surface area contributed by atoms with E-state index in [1.807, 2.05) is 38.1 Å². The van der Waals surface area contributed by atoms with Gasteiger partial charge < -0.3 is 10.1 Å². The van der Waals surface area contributed by atoms with Crippen LogP contribution in [0.4, 0.5) is 15.8 Å². The summed E-state index contributed by atoms with van der Waals surface area (Å²) in [6.45, 7) is 3.69. The molecular formula is C26H20ClFN2O3S2. The minimum absolute atomic E-state index is 0.0839. The number of aryl methyl sites for hydroxylation is 2. The van der Waals surface area contributed by atoms with Gasteiger partial charge in [0.15, 0.2) is 10.9 Å². The molecule has 1 saturated heterocycles. The van der Waals surface area contributed by atoms with Crippen LogP contribution in [0.3, 0.4) is 0 Å². The standard InChI is InChI=1S/C26H20ClFN2O3S2/c1-15-6-9-22(16(2)10-15)30-25(32)23(35-26(30)34)12-17-4-3-5-19(11-17)33-14-24(31)29-18-7-8-21(28)20(27)13-18/h3-13H,14H2,1-2H3,(H,29,31)/b23-12-. The fourth-order valence-electron chi connectivity index (χ4n) is 3.50. The fourth-order valence-corrected chi connectivity index (χ4v) is 4.96. The third kappa shape index (κ3) is 5.90. The third-order valence-corrected chi connectivity index (χ3v) is 6.71. The second-order valence-corrected chi connectivity index (χ2v) is 9.93. The lowest BCUT2D eigenvalue weighted by Gasteiger charge is -2.17. The van der Waals surface area contributed by atoms with Crippen molar-refractivity contribution in [1.82, 2.24) is 0 Å². The third-order valence-electron chi connectivity index (χ3n) is 5.12. The molecule has 1 N–H and O–H groups in total. The molecule has 2 amide bonds. The summed E-state index contributed by atoms with van der Waals surface area (Å²) in [5.74, 6) is -0.720. The van der Waals surface area contributed by atoms with Gasteiger partial charge in [-0.2, -0.15) is 0 Å². The number of halogens is 2. The number of anilines is 2. The lowest BCUT2D eigenvalue weighted by atomic mass is 10.1. The number of amides is 2. The van der Waals surface area contributed by atoms with Crippen molar-refractivity contribution in [3.8, 4) is 5.75 Å². The van der Waals surface area contributed by atoms with E-state index in [-0.39, 0.29) is 17.5 Å². The molecule has 0 atom stereocenters. The number of ether oxygens (including phenoxy) is 1. The quantitative estimate of drug-likeness (QED) is 0.293. The summed E-state index contributed by atoms with van der Waals surface area (Å²) in [5.41, 5.74) is 3.95. The van der Waals surface area contributed by atoms with Crippen molar-refractivity contribution in [3.05, 3.63) is 93.1 Å². The van der Waals surface area contributed by atoms with Gasteiger partial charge >= 0.3 is 0 Å². The molecule has 1 aliphatic rings. The van der Waals surface area contributed by atoms with Gasteiger partial charge in [0.05, 0.1) is 15.6 Å². The molecule has 0 radical (unpaired) electrons. The van der Waals surface area contributed by atoms with Crippen molar-refractivity contribution in [2.24, 2.45) is 0 Å². The Kier molecular flexibility index (Phi) is 7.54. The average molecular weight is 527 g/mol. The summed E-state index contributed by atoms with van der Waals surface area (Å²) in [5, 5.41) is 2.51. The Bertz CT molecular complexity index is 1380. The highest BCUT2D eigenvalue weighted by molar-refractivity contribution is 8.27. The maximum absolute atomic E-state index is 13.3. The van der Waals surface area contributed by atoms with E-state index in [9.17, 15) is 14.0 Å². The molecule has 0 aromatic heterocycles. The normalized spacial score (nSPS) is 14.5. The second-order valence-electron chi connectivity index (χ2n) is 7.85. The summed E-state index contributed by atoms with van der Waals surface area (Å²) in [7, 11) is 0. The SMILES string of the molecule is Cc1ccc(N2C(=O)/C(=C/c3cccc(OCC(=O)Nc4ccc(F)c(Cl)c4)c3)SC2=S)c(C)c1. The van der Waals surface area contributed by atoms with Gasteiger partial charge in [-0.1, -0.05) is 65.4 Å². The molecule has 35 heavy (non-hydrogen) atoms. The van der Waals surface area contributed by atoms with Crippen LogP contribution in [0.5, 0.6) is 5.75 Å². The monoisotopic (exact) mass is 526 g/mol. The number of carbonyl (C=O) groups excluding carboxylic acids is 2. The van der Waals surface area contributed by atoms with Gasteiger partial charge in [0.1, 0.15) is 11.6 Å². The van der Waals surface area contributed by atoms with Crippen LogP contribution in [0.1, 0.15) is 16.7 Å². The van der Waals surface area contributed by atoms with Gasteiger partial charge in [-0.05, 0) is 67.4 Å². The number of carbonyl (C=O) groups is 2. The molecule has 1 fully saturated rings. The van der Waals surface area contributed by atoms with E-state index in [1.165, 1.54) is 30.0 Å². The van der Waals surface area contributed by atoms with Gasteiger partial charge in [-0.3, -0.25) is 14.5 Å². The van der Waals surface area contributed by atoms with Crippen LogP contribution in [0.25, 0.3) is 6.08 Å². The summed E-state index contributed by atoms with van der Waals surface area (Å²) in [4.78, 5) is 27.3. The number of hydrogen-bond acceptors (Lipinski definition) is 5. The molecule has 9 heteroatoms. The molecule has 0 aliphatic carbocycles. The molecule has 5 nitrogen and oxygen atoms in total. The number of rotatable bonds is 6. The van der Waals surface area contributed by atoms with Crippen LogP contribution in [-0.2, 0) is 9.59 Å². The molecule has 0 unspecified atom stereocenters. The first-order chi connectivity index (χ1) is 16.7. The first-order valence-corrected chi connectivity index (χ1v) is 12.1. The van der Waals surface area contributed by atoms with Crippen molar-refractivity contribution in [3.63, 3.8) is 0 Å². The smallest absolute Gasteiger partial charge is 0.270 e. The van der Waals surface area contributed by atoms with Gasteiger partial charge in [0.25, 0.3) is 11.8 Å². The summed E-state index contributed by atoms with van der Waals surface area (Å²) < 4.78 is 19.3. The second kappa shape index (κ2) is 10.6. The summed E-state index contributed by atoms with van der Waals surface area (Å²) >= 11 is 12.5. The van der Waals surface area contributed by atoms with Crippen LogP contribution >= 0.6 is 35.6 Å². The average Bonchev–Trinajstić information content (AvgIpc) is 3.08. The van der Waals surface area contributed by atoms with E-state index in [2.05, 4.69) is 5.32 Å². The van der Waals surface area contributed by atoms with Crippen molar-refractivity contribution < 1.29 is 18.7 Å². The van der Waals surface area contributed by atoms with Crippen molar-refractivity contribution in [1.29, 1.82) is 0 Å². The van der Waals surface area contributed by atoms with Crippen LogP contribution in [0.15, 0.2) is 65.6 Å². The fraction of sp³-hybridized carbons (Fsp3) is 0.115. The van der Waals surface area contributed by atoms with Gasteiger partial charge in [-0.25, -0.2) is 4.39 Å². The lowest BCUT2D eigenvalue weighted by Crippen LogP contribution is -2.28.